The van der Waals surface area contributed by atoms with Crippen molar-refractivity contribution in [3.8, 4) is 0 Å². The van der Waals surface area contributed by atoms with Crippen molar-refractivity contribution in [1.29, 1.82) is 0 Å². The van der Waals surface area contributed by atoms with E-state index in [4.69, 9.17) is 4.74 Å². The minimum Gasteiger partial charge on any atom is -0.374 e. The maximum Gasteiger partial charge on any atom is 0.0860 e. The molecule has 0 aliphatic heterocycles. The summed E-state index contributed by atoms with van der Waals surface area (Å²) in [6, 6.07) is 0. The zero-order valence-corrected chi connectivity index (χ0v) is 12.0. The third kappa shape index (κ3) is 8.01. The fourth-order valence-electron chi connectivity index (χ4n) is 1.80. The quantitative estimate of drug-likeness (QED) is 0.409. The number of rotatable bonds is 9. The molecule has 0 saturated heterocycles. The summed E-state index contributed by atoms with van der Waals surface area (Å²) in [5, 5.41) is 0. The van der Waals surface area contributed by atoms with E-state index >= 15 is 0 Å². The highest BCUT2D eigenvalue weighted by Gasteiger charge is 2.15. The summed E-state index contributed by atoms with van der Waals surface area (Å²) in [6.07, 6.45) is 8.47. The summed E-state index contributed by atoms with van der Waals surface area (Å²) in [4.78, 5) is 0. The average Bonchev–Trinajstić information content (AvgIpc) is 2.28. The fraction of sp³-hybridized carbons (Fsp3) is 0.688. The van der Waals surface area contributed by atoms with Crippen molar-refractivity contribution in [1.82, 2.24) is 0 Å². The summed E-state index contributed by atoms with van der Waals surface area (Å²) in [5.41, 5.74) is 4.64. The van der Waals surface area contributed by atoms with Gasteiger partial charge in [-0.05, 0) is 38.2 Å². The second-order valence-corrected chi connectivity index (χ2v) is 4.75. The third-order valence-corrected chi connectivity index (χ3v) is 2.63. The summed E-state index contributed by atoms with van der Waals surface area (Å²) >= 11 is 0. The topological polar surface area (TPSA) is 9.23 Å². The summed E-state index contributed by atoms with van der Waals surface area (Å²) < 4.78 is 5.86. The van der Waals surface area contributed by atoms with Crippen LogP contribution in [-0.4, -0.2) is 12.7 Å². The van der Waals surface area contributed by atoms with Crippen LogP contribution in [0.3, 0.4) is 0 Å². The van der Waals surface area contributed by atoms with Gasteiger partial charge in [-0.2, -0.15) is 0 Å². The highest BCUT2D eigenvalue weighted by atomic mass is 16.5. The molecule has 0 aromatic heterocycles. The second-order valence-electron chi connectivity index (χ2n) is 4.75. The minimum atomic E-state index is 0.225. The largest absolute Gasteiger partial charge is 0.374 e. The molecule has 0 bridgehead atoms. The van der Waals surface area contributed by atoms with Crippen LogP contribution >= 0.6 is 0 Å². The lowest BCUT2D eigenvalue weighted by atomic mass is 9.96. The van der Waals surface area contributed by atoms with Gasteiger partial charge < -0.3 is 4.74 Å². The van der Waals surface area contributed by atoms with Crippen molar-refractivity contribution in [2.24, 2.45) is 5.92 Å². The van der Waals surface area contributed by atoms with Crippen molar-refractivity contribution in [2.45, 2.75) is 59.5 Å². The van der Waals surface area contributed by atoms with Crippen molar-refractivity contribution in [3.05, 3.63) is 30.0 Å². The van der Waals surface area contributed by atoms with Crippen LogP contribution in [0.2, 0.25) is 0 Å². The standard InChI is InChI=1S/C16H28O/c1-6-9-11-15(12-10-7-2)16(17-8-3)13-14(4)5/h6,9,14,16H,1,7-8,10,12-13H2,2-5H3. The van der Waals surface area contributed by atoms with E-state index in [0.29, 0.717) is 5.92 Å². The molecule has 0 amide bonds. The zero-order valence-electron chi connectivity index (χ0n) is 12.0. The van der Waals surface area contributed by atoms with E-state index in [1.165, 1.54) is 18.4 Å². The Kier molecular flexibility index (Phi) is 9.90. The van der Waals surface area contributed by atoms with E-state index in [0.717, 1.165) is 19.4 Å². The van der Waals surface area contributed by atoms with Gasteiger partial charge in [-0.1, -0.05) is 39.8 Å². The van der Waals surface area contributed by atoms with Gasteiger partial charge in [0.2, 0.25) is 0 Å². The molecule has 0 heterocycles. The van der Waals surface area contributed by atoms with E-state index in [2.05, 4.69) is 40.0 Å². The third-order valence-electron chi connectivity index (χ3n) is 2.63. The Morgan fingerprint density at radius 3 is 2.53 bits per heavy atom. The highest BCUT2D eigenvalue weighted by Crippen LogP contribution is 2.20. The Balaban J connectivity index is 4.79. The summed E-state index contributed by atoms with van der Waals surface area (Å²) in [5.74, 6) is 0.647. The monoisotopic (exact) mass is 236 g/mol. The Hall–Kier alpha value is -0.780. The molecule has 1 atom stereocenters. The van der Waals surface area contributed by atoms with E-state index in [1.54, 1.807) is 6.08 Å². The molecule has 1 nitrogen and oxygen atoms in total. The molecule has 0 spiro atoms. The summed E-state index contributed by atoms with van der Waals surface area (Å²) in [7, 11) is 0. The van der Waals surface area contributed by atoms with Gasteiger partial charge in [0, 0.05) is 12.2 Å². The lowest BCUT2D eigenvalue weighted by molar-refractivity contribution is 0.0709. The first-order valence-corrected chi connectivity index (χ1v) is 6.83. The van der Waals surface area contributed by atoms with Crippen LogP contribution in [0.25, 0.3) is 0 Å². The Morgan fingerprint density at radius 1 is 1.35 bits per heavy atom. The van der Waals surface area contributed by atoms with E-state index in [1.807, 2.05) is 6.08 Å². The highest BCUT2D eigenvalue weighted by molar-refractivity contribution is 5.12. The van der Waals surface area contributed by atoms with Crippen LogP contribution in [-0.2, 0) is 4.74 Å². The van der Waals surface area contributed by atoms with Gasteiger partial charge in [0.05, 0.1) is 6.10 Å². The molecule has 98 valence electrons. The Labute approximate surface area is 107 Å². The normalized spacial score (nSPS) is 12.1. The molecule has 1 unspecified atom stereocenters. The van der Waals surface area contributed by atoms with Gasteiger partial charge in [0.1, 0.15) is 0 Å². The van der Waals surface area contributed by atoms with Crippen LogP contribution in [0.5, 0.6) is 0 Å². The Bertz CT molecular complexity index is 257. The van der Waals surface area contributed by atoms with E-state index in [9.17, 15) is 0 Å². The van der Waals surface area contributed by atoms with Gasteiger partial charge in [-0.3, -0.25) is 0 Å². The van der Waals surface area contributed by atoms with Crippen LogP contribution < -0.4 is 0 Å². The van der Waals surface area contributed by atoms with E-state index in [-0.39, 0.29) is 6.10 Å². The zero-order chi connectivity index (χ0) is 13.1. The summed E-state index contributed by atoms with van der Waals surface area (Å²) in [6.45, 7) is 13.2. The second kappa shape index (κ2) is 10.4. The smallest absolute Gasteiger partial charge is 0.0860 e. The first-order valence-electron chi connectivity index (χ1n) is 6.83. The van der Waals surface area contributed by atoms with Gasteiger partial charge in [-0.25, -0.2) is 0 Å². The van der Waals surface area contributed by atoms with Crippen molar-refractivity contribution >= 4 is 0 Å². The molecular weight excluding hydrogens is 208 g/mol. The Morgan fingerprint density at radius 2 is 2.06 bits per heavy atom. The molecule has 0 aromatic rings. The average molecular weight is 236 g/mol. The molecule has 1 heteroatoms. The van der Waals surface area contributed by atoms with Crippen molar-refractivity contribution in [2.75, 3.05) is 6.61 Å². The van der Waals surface area contributed by atoms with Crippen molar-refractivity contribution < 1.29 is 4.74 Å². The minimum absolute atomic E-state index is 0.225. The van der Waals surface area contributed by atoms with Crippen LogP contribution in [0.15, 0.2) is 30.0 Å². The van der Waals surface area contributed by atoms with E-state index < -0.39 is 0 Å². The van der Waals surface area contributed by atoms with Gasteiger partial charge >= 0.3 is 0 Å². The van der Waals surface area contributed by atoms with Crippen LogP contribution in [0.1, 0.15) is 53.4 Å². The maximum atomic E-state index is 5.86. The van der Waals surface area contributed by atoms with Gasteiger partial charge in [0.15, 0.2) is 0 Å². The molecule has 0 rings (SSSR count). The number of unbranched alkanes of at least 4 members (excludes halogenated alkanes) is 1. The molecular formula is C16H28O. The number of hydrogen-bond donors (Lipinski definition) is 0. The maximum absolute atomic E-state index is 5.86. The molecule has 0 aromatic carbocycles. The van der Waals surface area contributed by atoms with Gasteiger partial charge in [-0.15, -0.1) is 5.73 Å². The molecule has 0 saturated carbocycles. The SMILES string of the molecule is C=CC=C=C(CCCC)C(CC(C)C)OCC. The molecule has 0 radical (unpaired) electrons. The molecule has 0 N–H and O–H groups in total. The van der Waals surface area contributed by atoms with Gasteiger partial charge in [0.25, 0.3) is 0 Å². The lowest BCUT2D eigenvalue weighted by Gasteiger charge is -2.21. The molecule has 0 aliphatic carbocycles. The number of allylic oxidation sites excluding steroid dienone is 1. The number of hydrogen-bond acceptors (Lipinski definition) is 1. The lowest BCUT2D eigenvalue weighted by Crippen LogP contribution is -2.18. The molecule has 17 heavy (non-hydrogen) atoms. The molecule has 0 fully saturated rings. The predicted molar refractivity (Wildman–Crippen MR) is 76.2 cm³/mol. The molecule has 0 aliphatic rings. The van der Waals surface area contributed by atoms with Crippen LogP contribution in [0.4, 0.5) is 0 Å². The predicted octanol–water partition coefficient (Wildman–Crippen LogP) is 4.90. The first kappa shape index (κ1) is 16.2. The van der Waals surface area contributed by atoms with Crippen LogP contribution in [0, 0.1) is 5.92 Å². The van der Waals surface area contributed by atoms with Crippen molar-refractivity contribution in [3.63, 3.8) is 0 Å². The number of ether oxygens (including phenoxy) is 1. The fourth-order valence-corrected chi connectivity index (χ4v) is 1.80. The first-order chi connectivity index (χ1) is 8.15.